The molecule has 1 amide bonds. The lowest BCUT2D eigenvalue weighted by Crippen LogP contribution is -2.50. The van der Waals surface area contributed by atoms with Crippen molar-refractivity contribution < 1.29 is 14.3 Å². The van der Waals surface area contributed by atoms with Crippen molar-refractivity contribution in [1.29, 1.82) is 0 Å². The van der Waals surface area contributed by atoms with E-state index in [1.54, 1.807) is 0 Å². The molecule has 1 rings (SSSR count). The summed E-state index contributed by atoms with van der Waals surface area (Å²) in [6, 6.07) is -0.0988. The van der Waals surface area contributed by atoms with E-state index in [-0.39, 0.29) is 24.3 Å². The Morgan fingerprint density at radius 3 is 2.61 bits per heavy atom. The molecule has 1 fully saturated rings. The van der Waals surface area contributed by atoms with Gasteiger partial charge in [0.15, 0.2) is 5.78 Å². The van der Waals surface area contributed by atoms with E-state index in [1.165, 1.54) is 4.90 Å². The number of ketones is 1. The fourth-order valence-corrected chi connectivity index (χ4v) is 2.06. The maximum atomic E-state index is 11.9. The topological polar surface area (TPSA) is 72.6 Å². The highest BCUT2D eigenvalue weighted by atomic mass is 16.6. The molecule has 0 bridgehead atoms. The van der Waals surface area contributed by atoms with Gasteiger partial charge in [-0.25, -0.2) is 4.79 Å². The van der Waals surface area contributed by atoms with E-state index in [0.717, 1.165) is 6.42 Å². The number of piperidine rings is 1. The van der Waals surface area contributed by atoms with Crippen LogP contribution in [0, 0.1) is 5.92 Å². The smallest absolute Gasteiger partial charge is 0.410 e. The zero-order valence-corrected chi connectivity index (χ0v) is 11.7. The van der Waals surface area contributed by atoms with Crippen LogP contribution in [0.15, 0.2) is 0 Å². The number of carbonyl (C=O) groups is 2. The number of ether oxygens (including phenoxy) is 1. The first-order valence-corrected chi connectivity index (χ1v) is 6.51. The van der Waals surface area contributed by atoms with Crippen molar-refractivity contribution in [1.82, 2.24) is 4.90 Å². The van der Waals surface area contributed by atoms with Crippen LogP contribution < -0.4 is 5.73 Å². The maximum Gasteiger partial charge on any atom is 0.410 e. The summed E-state index contributed by atoms with van der Waals surface area (Å²) >= 11 is 0. The molecule has 5 heteroatoms. The quantitative estimate of drug-likeness (QED) is 0.813. The number of carbonyl (C=O) groups excluding carboxylic acids is 2. The molecule has 0 spiro atoms. The van der Waals surface area contributed by atoms with Gasteiger partial charge in [0.25, 0.3) is 0 Å². The van der Waals surface area contributed by atoms with Crippen molar-refractivity contribution in [2.24, 2.45) is 11.7 Å². The van der Waals surface area contributed by atoms with E-state index in [2.05, 4.69) is 0 Å². The monoisotopic (exact) mass is 256 g/mol. The summed E-state index contributed by atoms with van der Waals surface area (Å²) in [6.45, 7) is 8.07. The molecule has 0 aliphatic carbocycles. The summed E-state index contributed by atoms with van der Waals surface area (Å²) in [6.07, 6.45) is 0.995. The molecule has 1 aliphatic rings. The minimum Gasteiger partial charge on any atom is -0.444 e. The van der Waals surface area contributed by atoms with Gasteiger partial charge in [-0.15, -0.1) is 0 Å². The minimum atomic E-state index is -0.531. The van der Waals surface area contributed by atoms with Gasteiger partial charge in [-0.2, -0.15) is 0 Å². The van der Waals surface area contributed by atoms with Crippen LogP contribution in [0.4, 0.5) is 4.79 Å². The summed E-state index contributed by atoms with van der Waals surface area (Å²) in [5.74, 6) is -0.0739. The first-order valence-electron chi connectivity index (χ1n) is 6.51. The third-order valence-electron chi connectivity index (χ3n) is 3.11. The Morgan fingerprint density at radius 1 is 1.56 bits per heavy atom. The Bertz CT molecular complexity index is 323. The van der Waals surface area contributed by atoms with E-state index in [9.17, 15) is 9.59 Å². The highest BCUT2D eigenvalue weighted by Crippen LogP contribution is 2.20. The van der Waals surface area contributed by atoms with Crippen molar-refractivity contribution in [3.05, 3.63) is 0 Å². The van der Waals surface area contributed by atoms with Gasteiger partial charge in [0.1, 0.15) is 5.60 Å². The Labute approximate surface area is 109 Å². The number of rotatable bonds is 2. The molecule has 2 unspecified atom stereocenters. The summed E-state index contributed by atoms with van der Waals surface area (Å²) in [5, 5.41) is 0. The molecule has 1 saturated heterocycles. The summed E-state index contributed by atoms with van der Waals surface area (Å²) in [5.41, 5.74) is 5.37. The van der Waals surface area contributed by atoms with Gasteiger partial charge in [-0.05, 0) is 33.6 Å². The fourth-order valence-electron chi connectivity index (χ4n) is 2.06. The second-order valence-corrected chi connectivity index (χ2v) is 5.84. The highest BCUT2D eigenvalue weighted by Gasteiger charge is 2.34. The number of hydrogen-bond acceptors (Lipinski definition) is 4. The molecule has 2 N–H and O–H groups in total. The third kappa shape index (κ3) is 3.98. The molecule has 0 aromatic rings. The van der Waals surface area contributed by atoms with Crippen LogP contribution in [0.5, 0.6) is 0 Å². The number of amides is 1. The van der Waals surface area contributed by atoms with Crippen molar-refractivity contribution in [3.63, 3.8) is 0 Å². The van der Waals surface area contributed by atoms with E-state index in [4.69, 9.17) is 10.5 Å². The molecule has 18 heavy (non-hydrogen) atoms. The van der Waals surface area contributed by atoms with Crippen LogP contribution in [0.2, 0.25) is 0 Å². The number of hydrogen-bond donors (Lipinski definition) is 1. The lowest BCUT2D eigenvalue weighted by Gasteiger charge is -2.34. The fraction of sp³-hybridized carbons (Fsp3) is 0.846. The second-order valence-electron chi connectivity index (χ2n) is 5.84. The zero-order valence-electron chi connectivity index (χ0n) is 11.7. The van der Waals surface area contributed by atoms with E-state index >= 15 is 0 Å². The average Bonchev–Trinajstić information content (AvgIpc) is 2.25. The van der Waals surface area contributed by atoms with Crippen molar-refractivity contribution in [2.45, 2.75) is 52.2 Å². The zero-order chi connectivity index (χ0) is 13.9. The third-order valence-corrected chi connectivity index (χ3v) is 3.11. The molecular weight excluding hydrogens is 232 g/mol. The molecular formula is C13H24N2O3. The van der Waals surface area contributed by atoms with E-state index < -0.39 is 11.7 Å². The second kappa shape index (κ2) is 5.69. The molecule has 5 nitrogen and oxygen atoms in total. The summed E-state index contributed by atoms with van der Waals surface area (Å²) < 4.78 is 5.25. The molecule has 0 radical (unpaired) electrons. The van der Waals surface area contributed by atoms with Crippen molar-refractivity contribution in [2.75, 3.05) is 13.1 Å². The van der Waals surface area contributed by atoms with Crippen LogP contribution in [0.25, 0.3) is 0 Å². The Kier molecular flexibility index (Phi) is 4.73. The molecule has 1 aliphatic heterocycles. The molecule has 0 aromatic heterocycles. The van der Waals surface area contributed by atoms with Crippen LogP contribution >= 0.6 is 0 Å². The normalized spacial score (nSPS) is 22.8. The number of nitrogens with two attached hydrogens (primary N) is 1. The number of nitrogens with zero attached hydrogens (tertiary/aromatic N) is 1. The largest absolute Gasteiger partial charge is 0.444 e. The van der Waals surface area contributed by atoms with Gasteiger partial charge in [0, 0.05) is 18.5 Å². The summed E-state index contributed by atoms with van der Waals surface area (Å²) in [7, 11) is 0. The lowest BCUT2D eigenvalue weighted by molar-refractivity contribution is -0.127. The predicted molar refractivity (Wildman–Crippen MR) is 69.2 cm³/mol. The van der Waals surface area contributed by atoms with Crippen LogP contribution in [0.3, 0.4) is 0 Å². The highest BCUT2D eigenvalue weighted by molar-refractivity contribution is 5.87. The van der Waals surface area contributed by atoms with Gasteiger partial charge in [0.05, 0.1) is 6.54 Å². The summed E-state index contributed by atoms with van der Waals surface area (Å²) in [4.78, 5) is 25.2. The average molecular weight is 256 g/mol. The van der Waals surface area contributed by atoms with Gasteiger partial charge in [-0.1, -0.05) is 6.92 Å². The molecule has 104 valence electrons. The SMILES string of the molecule is CCC(N)C1CCN(C(=O)OC(C)(C)C)CC1=O. The molecule has 1 heterocycles. The van der Waals surface area contributed by atoms with E-state index in [0.29, 0.717) is 13.0 Å². The standard InChI is InChI=1S/C13H24N2O3/c1-5-10(14)9-6-7-15(8-11(9)16)12(17)18-13(2,3)4/h9-10H,5-8,14H2,1-4H3. The van der Waals surface area contributed by atoms with E-state index in [1.807, 2.05) is 27.7 Å². The van der Waals surface area contributed by atoms with Crippen molar-refractivity contribution in [3.8, 4) is 0 Å². The molecule has 0 aromatic carbocycles. The maximum absolute atomic E-state index is 11.9. The van der Waals surface area contributed by atoms with Gasteiger partial charge < -0.3 is 15.4 Å². The first kappa shape index (κ1) is 15.0. The molecule has 2 atom stereocenters. The number of Topliss-reactive ketones (excluding diaryl/α,β-unsaturated/α-hetero) is 1. The molecule has 0 saturated carbocycles. The van der Waals surface area contributed by atoms with Crippen LogP contribution in [0.1, 0.15) is 40.5 Å². The first-order chi connectivity index (χ1) is 8.24. The van der Waals surface area contributed by atoms with Gasteiger partial charge >= 0.3 is 6.09 Å². The predicted octanol–water partition coefficient (Wildman–Crippen LogP) is 1.55. The van der Waals surface area contributed by atoms with Crippen LogP contribution in [-0.4, -0.2) is 41.5 Å². The van der Waals surface area contributed by atoms with Gasteiger partial charge in [0.2, 0.25) is 0 Å². The van der Waals surface area contributed by atoms with Crippen molar-refractivity contribution >= 4 is 11.9 Å². The Hall–Kier alpha value is -1.10. The number of likely N-dealkylation sites (tertiary alicyclic amines) is 1. The van der Waals surface area contributed by atoms with Crippen LogP contribution in [-0.2, 0) is 9.53 Å². The Morgan fingerprint density at radius 2 is 2.17 bits per heavy atom. The Balaban J connectivity index is 2.56. The minimum absolute atomic E-state index is 0.0430. The van der Waals surface area contributed by atoms with Gasteiger partial charge in [-0.3, -0.25) is 4.79 Å². The lowest BCUT2D eigenvalue weighted by atomic mass is 9.87.